The molecule has 21 heavy (non-hydrogen) atoms. The van der Waals surface area contributed by atoms with Gasteiger partial charge in [0.2, 0.25) is 0 Å². The van der Waals surface area contributed by atoms with Gasteiger partial charge in [-0.1, -0.05) is 0 Å². The van der Waals surface area contributed by atoms with E-state index in [1.807, 2.05) is 6.92 Å². The van der Waals surface area contributed by atoms with Crippen LogP contribution >= 0.6 is 0 Å². The summed E-state index contributed by atoms with van der Waals surface area (Å²) in [5.74, 6) is 0.532. The van der Waals surface area contributed by atoms with E-state index in [4.69, 9.17) is 4.74 Å². The largest absolute Gasteiger partial charge is 0.466 e. The minimum absolute atomic E-state index is 0.00372. The molecule has 0 aromatic heterocycles. The van der Waals surface area contributed by atoms with Crippen LogP contribution in [-0.4, -0.2) is 58.6 Å². The van der Waals surface area contributed by atoms with E-state index in [2.05, 4.69) is 15.6 Å². The topological polar surface area (TPSA) is 96.9 Å². The normalized spacial score (nSPS) is 13.6. The molecular formula is C13H27N3O4S. The van der Waals surface area contributed by atoms with Crippen molar-refractivity contribution in [2.24, 2.45) is 4.99 Å². The summed E-state index contributed by atoms with van der Waals surface area (Å²) in [6, 6.07) is -0.00372. The van der Waals surface area contributed by atoms with Crippen LogP contribution < -0.4 is 10.6 Å². The van der Waals surface area contributed by atoms with Crippen LogP contribution in [0.15, 0.2) is 4.99 Å². The Kier molecular flexibility index (Phi) is 9.77. The fourth-order valence-corrected chi connectivity index (χ4v) is 2.35. The lowest BCUT2D eigenvalue weighted by Gasteiger charge is -2.17. The van der Waals surface area contributed by atoms with Gasteiger partial charge in [-0.15, -0.1) is 0 Å². The van der Waals surface area contributed by atoms with Crippen molar-refractivity contribution >= 4 is 21.8 Å². The molecule has 0 saturated heterocycles. The Balaban J connectivity index is 3.93. The van der Waals surface area contributed by atoms with Crippen molar-refractivity contribution in [1.29, 1.82) is 0 Å². The van der Waals surface area contributed by atoms with Crippen molar-refractivity contribution in [3.05, 3.63) is 0 Å². The molecule has 0 aromatic rings. The van der Waals surface area contributed by atoms with Gasteiger partial charge in [0.15, 0.2) is 5.96 Å². The summed E-state index contributed by atoms with van der Waals surface area (Å²) in [5.41, 5.74) is 0. The average molecular weight is 321 g/mol. The third kappa shape index (κ3) is 12.2. The van der Waals surface area contributed by atoms with Gasteiger partial charge >= 0.3 is 5.97 Å². The number of hydrogen-bond acceptors (Lipinski definition) is 5. The number of rotatable bonds is 9. The Morgan fingerprint density at radius 2 is 2.05 bits per heavy atom. The molecule has 7 nitrogen and oxygen atoms in total. The lowest BCUT2D eigenvalue weighted by molar-refractivity contribution is -0.143. The van der Waals surface area contributed by atoms with Crippen LogP contribution in [0.1, 0.15) is 33.1 Å². The molecule has 124 valence electrons. The second-order valence-electron chi connectivity index (χ2n) is 4.87. The predicted molar refractivity (Wildman–Crippen MR) is 84.2 cm³/mol. The molecule has 0 fully saturated rings. The highest BCUT2D eigenvalue weighted by molar-refractivity contribution is 7.90. The van der Waals surface area contributed by atoms with E-state index in [1.165, 1.54) is 6.26 Å². The summed E-state index contributed by atoms with van der Waals surface area (Å²) in [7, 11) is -1.31. The van der Waals surface area contributed by atoms with Gasteiger partial charge < -0.3 is 15.4 Å². The Bertz CT molecular complexity index is 435. The van der Waals surface area contributed by atoms with Gasteiger partial charge in [0.25, 0.3) is 0 Å². The highest BCUT2D eigenvalue weighted by Crippen LogP contribution is 1.96. The van der Waals surface area contributed by atoms with Crippen LogP contribution in [-0.2, 0) is 19.4 Å². The SMILES string of the molecule is CCOC(=O)CCCNC(=NC)NC(C)CCS(C)(=O)=O. The van der Waals surface area contributed by atoms with E-state index in [0.29, 0.717) is 38.4 Å². The monoisotopic (exact) mass is 321 g/mol. The molecular weight excluding hydrogens is 294 g/mol. The molecule has 0 amide bonds. The first-order chi connectivity index (χ1) is 9.78. The van der Waals surface area contributed by atoms with Crippen molar-refractivity contribution < 1.29 is 17.9 Å². The Morgan fingerprint density at radius 1 is 1.38 bits per heavy atom. The summed E-state index contributed by atoms with van der Waals surface area (Å²) in [5, 5.41) is 6.19. The highest BCUT2D eigenvalue weighted by atomic mass is 32.2. The lowest BCUT2D eigenvalue weighted by Crippen LogP contribution is -2.43. The molecule has 2 N–H and O–H groups in total. The number of ether oxygens (including phenoxy) is 1. The minimum atomic E-state index is -2.95. The van der Waals surface area contributed by atoms with Gasteiger partial charge in [-0.05, 0) is 26.7 Å². The van der Waals surface area contributed by atoms with Gasteiger partial charge in [0, 0.05) is 32.3 Å². The molecule has 1 atom stereocenters. The zero-order valence-corrected chi connectivity index (χ0v) is 14.1. The van der Waals surface area contributed by atoms with Gasteiger partial charge in [-0.25, -0.2) is 8.42 Å². The van der Waals surface area contributed by atoms with Crippen LogP contribution in [0.4, 0.5) is 0 Å². The molecule has 0 bridgehead atoms. The quantitative estimate of drug-likeness (QED) is 0.275. The predicted octanol–water partition coefficient (Wildman–Crippen LogP) is 0.318. The van der Waals surface area contributed by atoms with Crippen molar-refractivity contribution in [2.45, 2.75) is 39.2 Å². The number of sulfone groups is 1. The smallest absolute Gasteiger partial charge is 0.305 e. The molecule has 0 spiro atoms. The van der Waals surface area contributed by atoms with Crippen molar-refractivity contribution in [3.63, 3.8) is 0 Å². The van der Waals surface area contributed by atoms with Crippen molar-refractivity contribution in [2.75, 3.05) is 32.2 Å². The van der Waals surface area contributed by atoms with E-state index in [0.717, 1.165) is 0 Å². The lowest BCUT2D eigenvalue weighted by atomic mass is 10.2. The first-order valence-corrected chi connectivity index (χ1v) is 9.15. The molecule has 0 rings (SSSR count). The van der Waals surface area contributed by atoms with Gasteiger partial charge in [0.1, 0.15) is 9.84 Å². The third-order valence-corrected chi connectivity index (χ3v) is 3.66. The molecule has 1 unspecified atom stereocenters. The second-order valence-corrected chi connectivity index (χ2v) is 7.13. The van der Waals surface area contributed by atoms with Crippen LogP contribution in [0.5, 0.6) is 0 Å². The Labute approximate surface area is 127 Å². The number of nitrogens with zero attached hydrogens (tertiary/aromatic N) is 1. The zero-order valence-electron chi connectivity index (χ0n) is 13.3. The van der Waals surface area contributed by atoms with Gasteiger partial charge in [-0.3, -0.25) is 9.79 Å². The average Bonchev–Trinajstić information content (AvgIpc) is 2.39. The number of esters is 1. The Hall–Kier alpha value is -1.31. The maximum Gasteiger partial charge on any atom is 0.305 e. The summed E-state index contributed by atoms with van der Waals surface area (Å²) in [6.45, 7) is 4.67. The standard InChI is InChI=1S/C13H27N3O4S/c1-5-20-12(17)7-6-9-15-13(14-3)16-11(2)8-10-21(4,18)19/h11H,5-10H2,1-4H3,(H2,14,15,16). The molecule has 0 heterocycles. The number of carbonyl (C=O) groups excluding carboxylic acids is 1. The van der Waals surface area contributed by atoms with Crippen LogP contribution in [0.2, 0.25) is 0 Å². The maximum atomic E-state index is 11.2. The fourth-order valence-electron chi connectivity index (χ4n) is 1.56. The number of aliphatic imine (C=N–C) groups is 1. The van der Waals surface area contributed by atoms with Crippen LogP contribution in [0.3, 0.4) is 0 Å². The number of guanidine groups is 1. The van der Waals surface area contributed by atoms with Crippen LogP contribution in [0.25, 0.3) is 0 Å². The summed E-state index contributed by atoms with van der Waals surface area (Å²) >= 11 is 0. The van der Waals surface area contributed by atoms with Crippen molar-refractivity contribution in [1.82, 2.24) is 10.6 Å². The maximum absolute atomic E-state index is 11.2. The first kappa shape index (κ1) is 19.7. The fraction of sp³-hybridized carbons (Fsp3) is 0.846. The molecule has 0 radical (unpaired) electrons. The van der Waals surface area contributed by atoms with E-state index < -0.39 is 9.84 Å². The minimum Gasteiger partial charge on any atom is -0.466 e. The number of hydrogen-bond donors (Lipinski definition) is 2. The molecule has 0 saturated carbocycles. The molecule has 0 aliphatic carbocycles. The molecule has 0 aliphatic heterocycles. The summed E-state index contributed by atoms with van der Waals surface area (Å²) < 4.78 is 27.0. The second kappa shape index (κ2) is 10.4. The van der Waals surface area contributed by atoms with E-state index >= 15 is 0 Å². The van der Waals surface area contributed by atoms with Gasteiger partial charge in [0.05, 0.1) is 12.4 Å². The van der Waals surface area contributed by atoms with Gasteiger partial charge in [-0.2, -0.15) is 0 Å². The highest BCUT2D eigenvalue weighted by Gasteiger charge is 2.09. The zero-order chi connectivity index (χ0) is 16.3. The van der Waals surface area contributed by atoms with E-state index in [-0.39, 0.29) is 17.8 Å². The van der Waals surface area contributed by atoms with Crippen molar-refractivity contribution in [3.8, 4) is 0 Å². The molecule has 8 heteroatoms. The number of nitrogens with one attached hydrogen (secondary N) is 2. The summed E-state index contributed by atoms with van der Waals surface area (Å²) in [4.78, 5) is 15.2. The Morgan fingerprint density at radius 3 is 2.57 bits per heavy atom. The van der Waals surface area contributed by atoms with Crippen LogP contribution in [0, 0.1) is 0 Å². The molecule has 0 aliphatic rings. The first-order valence-electron chi connectivity index (χ1n) is 7.09. The third-order valence-electron chi connectivity index (χ3n) is 2.68. The number of carbonyl (C=O) groups is 1. The molecule has 0 aromatic carbocycles. The van der Waals surface area contributed by atoms with E-state index in [9.17, 15) is 13.2 Å². The van der Waals surface area contributed by atoms with E-state index in [1.54, 1.807) is 14.0 Å². The summed E-state index contributed by atoms with van der Waals surface area (Å²) in [6.07, 6.45) is 2.75.